The molecule has 0 bridgehead atoms. The van der Waals surface area contributed by atoms with E-state index in [0.29, 0.717) is 10.0 Å². The lowest BCUT2D eigenvalue weighted by atomic mass is 10.2. The average molecular weight is 484 g/mol. The third kappa shape index (κ3) is 4.76. The zero-order chi connectivity index (χ0) is 22.1. The molecule has 0 saturated heterocycles. The molecule has 1 aromatic heterocycles. The van der Waals surface area contributed by atoms with E-state index in [-0.39, 0.29) is 17.9 Å². The second kappa shape index (κ2) is 8.39. The number of aryl methyl sites for hydroxylation is 1. The van der Waals surface area contributed by atoms with Crippen LogP contribution in [0.2, 0.25) is 0 Å². The lowest BCUT2D eigenvalue weighted by Gasteiger charge is -2.14. The van der Waals surface area contributed by atoms with Gasteiger partial charge in [-0.25, -0.2) is 9.07 Å². The van der Waals surface area contributed by atoms with Crippen LogP contribution in [0.4, 0.5) is 17.6 Å². The Labute approximate surface area is 176 Å². The molecule has 3 rings (SSSR count). The standard InChI is InChI=1S/C20H14BrF4N3O2/c1-11-7-17(29)18(19(30)26-10-12-8-14(22)5-6-16(12)21)27-28(11)15-4-2-3-13(9-15)20(23,24)25/h2-9H,10H2,1H3,(H,26,30). The van der Waals surface area contributed by atoms with Crippen LogP contribution in [0.3, 0.4) is 0 Å². The molecule has 0 atom stereocenters. The fourth-order valence-corrected chi connectivity index (χ4v) is 3.10. The van der Waals surface area contributed by atoms with Crippen LogP contribution < -0.4 is 10.7 Å². The molecule has 1 amide bonds. The summed E-state index contributed by atoms with van der Waals surface area (Å²) in [6, 6.07) is 9.41. The Bertz CT molecular complexity index is 1180. The van der Waals surface area contributed by atoms with Gasteiger partial charge >= 0.3 is 6.18 Å². The van der Waals surface area contributed by atoms with Gasteiger partial charge in [-0.3, -0.25) is 9.59 Å². The molecule has 0 saturated carbocycles. The lowest BCUT2D eigenvalue weighted by Crippen LogP contribution is -2.31. The third-order valence-corrected chi connectivity index (χ3v) is 4.96. The second-order valence-electron chi connectivity index (χ2n) is 6.38. The first-order valence-electron chi connectivity index (χ1n) is 8.57. The van der Waals surface area contributed by atoms with E-state index in [2.05, 4.69) is 26.3 Å². The van der Waals surface area contributed by atoms with Crippen molar-refractivity contribution < 1.29 is 22.4 Å². The number of nitrogens with zero attached hydrogens (tertiary/aromatic N) is 2. The van der Waals surface area contributed by atoms with Crippen molar-refractivity contribution in [2.45, 2.75) is 19.6 Å². The van der Waals surface area contributed by atoms with Crippen molar-refractivity contribution >= 4 is 21.8 Å². The highest BCUT2D eigenvalue weighted by atomic mass is 79.9. The predicted octanol–water partition coefficient (Wildman–Crippen LogP) is 4.39. The van der Waals surface area contributed by atoms with E-state index in [1.165, 1.54) is 37.3 Å². The van der Waals surface area contributed by atoms with E-state index in [1.54, 1.807) is 0 Å². The number of carbonyl (C=O) groups excluding carboxylic acids is 1. The van der Waals surface area contributed by atoms with Gasteiger partial charge in [0.05, 0.1) is 11.3 Å². The van der Waals surface area contributed by atoms with Crippen molar-refractivity contribution in [1.82, 2.24) is 15.1 Å². The summed E-state index contributed by atoms with van der Waals surface area (Å²) in [5.74, 6) is -1.33. The van der Waals surface area contributed by atoms with Crippen LogP contribution >= 0.6 is 15.9 Å². The molecule has 30 heavy (non-hydrogen) atoms. The van der Waals surface area contributed by atoms with Crippen molar-refractivity contribution in [1.29, 1.82) is 0 Å². The topological polar surface area (TPSA) is 64.0 Å². The van der Waals surface area contributed by atoms with Crippen LogP contribution in [0.25, 0.3) is 5.69 Å². The highest BCUT2D eigenvalue weighted by molar-refractivity contribution is 9.10. The van der Waals surface area contributed by atoms with Crippen LogP contribution in [0, 0.1) is 12.7 Å². The Kier molecular flexibility index (Phi) is 6.06. The summed E-state index contributed by atoms with van der Waals surface area (Å²) >= 11 is 3.23. The minimum Gasteiger partial charge on any atom is -0.346 e. The van der Waals surface area contributed by atoms with Crippen LogP contribution in [-0.2, 0) is 12.7 Å². The normalized spacial score (nSPS) is 11.4. The lowest BCUT2D eigenvalue weighted by molar-refractivity contribution is -0.137. The number of rotatable bonds is 4. The van der Waals surface area contributed by atoms with Crippen LogP contribution in [-0.4, -0.2) is 15.7 Å². The third-order valence-electron chi connectivity index (χ3n) is 4.19. The number of halogens is 5. The quantitative estimate of drug-likeness (QED) is 0.559. The molecule has 3 aromatic rings. The van der Waals surface area contributed by atoms with Crippen molar-refractivity contribution in [3.8, 4) is 5.69 Å². The smallest absolute Gasteiger partial charge is 0.346 e. The molecule has 0 aliphatic carbocycles. The van der Waals surface area contributed by atoms with Crippen molar-refractivity contribution in [2.24, 2.45) is 0 Å². The summed E-state index contributed by atoms with van der Waals surface area (Å²) in [7, 11) is 0. The molecule has 0 fully saturated rings. The molecule has 0 aliphatic rings. The number of carbonyl (C=O) groups is 1. The monoisotopic (exact) mass is 483 g/mol. The second-order valence-corrected chi connectivity index (χ2v) is 7.23. The first kappa shape index (κ1) is 21.7. The maximum absolute atomic E-state index is 13.4. The average Bonchev–Trinajstić information content (AvgIpc) is 2.68. The number of aromatic nitrogens is 2. The molecule has 1 heterocycles. The minimum absolute atomic E-state index is 0.0456. The largest absolute Gasteiger partial charge is 0.416 e. The van der Waals surface area contributed by atoms with Crippen molar-refractivity contribution in [3.05, 3.63) is 91.6 Å². The molecule has 0 radical (unpaired) electrons. The van der Waals surface area contributed by atoms with Gasteiger partial charge in [0.15, 0.2) is 5.69 Å². The van der Waals surface area contributed by atoms with E-state index in [1.807, 2.05) is 0 Å². The zero-order valence-corrected chi connectivity index (χ0v) is 17.0. The van der Waals surface area contributed by atoms with Gasteiger partial charge in [0.1, 0.15) is 5.82 Å². The van der Waals surface area contributed by atoms with Gasteiger partial charge in [0.25, 0.3) is 5.91 Å². The number of alkyl halides is 3. The maximum atomic E-state index is 13.4. The molecular weight excluding hydrogens is 470 g/mol. The summed E-state index contributed by atoms with van der Waals surface area (Å²) in [5.41, 5.74) is -1.33. The Balaban J connectivity index is 1.92. The summed E-state index contributed by atoms with van der Waals surface area (Å²) in [4.78, 5) is 24.7. The van der Waals surface area contributed by atoms with Crippen molar-refractivity contribution in [2.75, 3.05) is 0 Å². The predicted molar refractivity (Wildman–Crippen MR) is 105 cm³/mol. The van der Waals surface area contributed by atoms with Crippen LogP contribution in [0.1, 0.15) is 27.3 Å². The Hall–Kier alpha value is -3.01. The molecular formula is C20H14BrF4N3O2. The molecule has 2 aromatic carbocycles. The first-order valence-corrected chi connectivity index (χ1v) is 9.36. The minimum atomic E-state index is -4.55. The first-order chi connectivity index (χ1) is 14.1. The van der Waals surface area contributed by atoms with Gasteiger partial charge < -0.3 is 5.32 Å². The zero-order valence-electron chi connectivity index (χ0n) is 15.4. The fraction of sp³-hybridized carbons (Fsp3) is 0.150. The van der Waals surface area contributed by atoms with Crippen LogP contribution in [0.15, 0.2) is 57.8 Å². The molecule has 0 spiro atoms. The maximum Gasteiger partial charge on any atom is 0.416 e. The summed E-state index contributed by atoms with van der Waals surface area (Å²) in [6.07, 6.45) is -4.55. The highest BCUT2D eigenvalue weighted by Crippen LogP contribution is 2.30. The van der Waals surface area contributed by atoms with Gasteiger partial charge in [-0.2, -0.15) is 18.3 Å². The Morgan fingerprint density at radius 2 is 1.90 bits per heavy atom. The SMILES string of the molecule is Cc1cc(=O)c(C(=O)NCc2cc(F)ccc2Br)nn1-c1cccc(C(F)(F)F)c1. The van der Waals surface area contributed by atoms with E-state index >= 15 is 0 Å². The molecule has 10 heteroatoms. The summed E-state index contributed by atoms with van der Waals surface area (Å²) in [5, 5.41) is 6.42. The van der Waals surface area contributed by atoms with Gasteiger partial charge in [-0.05, 0) is 48.9 Å². The molecule has 0 aliphatic heterocycles. The van der Waals surface area contributed by atoms with Gasteiger partial charge in [0.2, 0.25) is 5.43 Å². The molecule has 5 nitrogen and oxygen atoms in total. The number of nitrogens with one attached hydrogen (secondary N) is 1. The van der Waals surface area contributed by atoms with E-state index in [4.69, 9.17) is 0 Å². The molecule has 0 unspecified atom stereocenters. The van der Waals surface area contributed by atoms with Gasteiger partial charge in [-0.1, -0.05) is 22.0 Å². The molecule has 1 N–H and O–H groups in total. The highest BCUT2D eigenvalue weighted by Gasteiger charge is 2.30. The van der Waals surface area contributed by atoms with Crippen molar-refractivity contribution in [3.63, 3.8) is 0 Å². The fourth-order valence-electron chi connectivity index (χ4n) is 2.72. The Morgan fingerprint density at radius 1 is 1.17 bits per heavy atom. The summed E-state index contributed by atoms with van der Waals surface area (Å²) < 4.78 is 54.0. The number of amides is 1. The van der Waals surface area contributed by atoms with E-state index in [9.17, 15) is 27.2 Å². The Morgan fingerprint density at radius 3 is 2.60 bits per heavy atom. The van der Waals surface area contributed by atoms with E-state index in [0.717, 1.165) is 22.9 Å². The van der Waals surface area contributed by atoms with E-state index < -0.39 is 34.6 Å². The number of hydrogen-bond acceptors (Lipinski definition) is 3. The molecule has 156 valence electrons. The number of benzene rings is 2. The van der Waals surface area contributed by atoms with Crippen LogP contribution in [0.5, 0.6) is 0 Å². The number of hydrogen-bond donors (Lipinski definition) is 1. The van der Waals surface area contributed by atoms with Gasteiger partial charge in [0, 0.05) is 22.8 Å². The summed E-state index contributed by atoms with van der Waals surface area (Å²) in [6.45, 7) is 1.40. The van der Waals surface area contributed by atoms with Gasteiger partial charge in [-0.15, -0.1) is 0 Å².